The van der Waals surface area contributed by atoms with E-state index in [0.717, 1.165) is 47.6 Å². The maximum atomic E-state index is 6.02. The quantitative estimate of drug-likeness (QED) is 0.722. The molecule has 0 aliphatic carbocycles. The first-order valence-electron chi connectivity index (χ1n) is 7.98. The maximum Gasteiger partial charge on any atom is 0.162 e. The second-order valence-corrected chi connectivity index (χ2v) is 6.65. The second-order valence-electron chi connectivity index (χ2n) is 5.73. The van der Waals surface area contributed by atoms with Crippen LogP contribution in [0.2, 0.25) is 0 Å². The molecule has 0 spiro atoms. The van der Waals surface area contributed by atoms with E-state index in [1.54, 1.807) is 0 Å². The van der Waals surface area contributed by atoms with Gasteiger partial charge >= 0.3 is 0 Å². The third kappa shape index (κ3) is 4.98. The lowest BCUT2D eigenvalue weighted by molar-refractivity contribution is 0.0492. The van der Waals surface area contributed by atoms with E-state index in [-0.39, 0.29) is 0 Å². The minimum Gasteiger partial charge on any atom is -0.489 e. The van der Waals surface area contributed by atoms with E-state index >= 15 is 0 Å². The molecule has 0 N–H and O–H groups in total. The summed E-state index contributed by atoms with van der Waals surface area (Å²) in [5.74, 6) is 2.14. The minimum absolute atomic E-state index is 0.533. The molecule has 0 amide bonds. The van der Waals surface area contributed by atoms with Crippen LogP contribution in [-0.4, -0.2) is 19.8 Å². The zero-order valence-corrected chi connectivity index (χ0v) is 14.6. The summed E-state index contributed by atoms with van der Waals surface area (Å²) in [5, 5.41) is 0. The van der Waals surface area contributed by atoms with Crippen LogP contribution in [0.15, 0.2) is 53.0 Å². The van der Waals surface area contributed by atoms with Crippen molar-refractivity contribution in [1.82, 2.24) is 0 Å². The van der Waals surface area contributed by atoms with Crippen molar-refractivity contribution in [2.75, 3.05) is 19.8 Å². The Bertz CT molecular complexity index is 609. The average Bonchev–Trinajstić information content (AvgIpc) is 2.61. The first kappa shape index (κ1) is 16.3. The van der Waals surface area contributed by atoms with Crippen molar-refractivity contribution in [1.29, 1.82) is 0 Å². The van der Waals surface area contributed by atoms with Crippen LogP contribution in [0.25, 0.3) is 0 Å². The summed E-state index contributed by atoms with van der Waals surface area (Å²) in [5.41, 5.74) is 1.14. The van der Waals surface area contributed by atoms with Gasteiger partial charge in [-0.2, -0.15) is 0 Å². The smallest absolute Gasteiger partial charge is 0.162 e. The van der Waals surface area contributed by atoms with E-state index in [4.69, 9.17) is 14.2 Å². The van der Waals surface area contributed by atoms with Crippen molar-refractivity contribution in [3.8, 4) is 11.5 Å². The van der Waals surface area contributed by atoms with Crippen LogP contribution < -0.4 is 9.47 Å². The molecular weight excluding hydrogens is 356 g/mol. The molecule has 122 valence electrons. The molecule has 0 aromatic heterocycles. The molecule has 2 aromatic rings. The lowest BCUT2D eigenvalue weighted by Gasteiger charge is -2.22. The summed E-state index contributed by atoms with van der Waals surface area (Å²) in [4.78, 5) is 0. The van der Waals surface area contributed by atoms with Gasteiger partial charge in [-0.15, -0.1) is 0 Å². The Labute approximate surface area is 145 Å². The molecule has 0 unspecified atom stereocenters. The van der Waals surface area contributed by atoms with Crippen molar-refractivity contribution in [3.63, 3.8) is 0 Å². The lowest BCUT2D eigenvalue weighted by atomic mass is 10.0. The number of hydrogen-bond donors (Lipinski definition) is 0. The molecule has 1 fully saturated rings. The predicted molar refractivity (Wildman–Crippen MR) is 94.0 cm³/mol. The Morgan fingerprint density at radius 1 is 0.957 bits per heavy atom. The van der Waals surface area contributed by atoms with Crippen molar-refractivity contribution < 1.29 is 14.2 Å². The van der Waals surface area contributed by atoms with Gasteiger partial charge in [-0.05, 0) is 42.5 Å². The van der Waals surface area contributed by atoms with Gasteiger partial charge < -0.3 is 14.2 Å². The van der Waals surface area contributed by atoms with Gasteiger partial charge in [0, 0.05) is 17.7 Å². The van der Waals surface area contributed by atoms with E-state index in [0.29, 0.717) is 19.1 Å². The van der Waals surface area contributed by atoms with E-state index in [1.807, 2.05) is 36.4 Å². The summed E-state index contributed by atoms with van der Waals surface area (Å²) in [6.07, 6.45) is 2.13. The van der Waals surface area contributed by atoms with Gasteiger partial charge in [0.1, 0.15) is 6.61 Å². The molecule has 1 aliphatic rings. The van der Waals surface area contributed by atoms with Gasteiger partial charge in [0.2, 0.25) is 0 Å². The van der Waals surface area contributed by atoms with E-state index in [2.05, 4.69) is 28.1 Å². The summed E-state index contributed by atoms with van der Waals surface area (Å²) in [6.45, 7) is 2.93. The van der Waals surface area contributed by atoms with Crippen molar-refractivity contribution >= 4 is 15.9 Å². The maximum absolute atomic E-state index is 6.02. The first-order valence-corrected chi connectivity index (χ1v) is 8.77. The fourth-order valence-corrected chi connectivity index (χ4v) is 2.91. The Morgan fingerprint density at radius 2 is 1.74 bits per heavy atom. The zero-order valence-electron chi connectivity index (χ0n) is 13.0. The van der Waals surface area contributed by atoms with Crippen LogP contribution >= 0.6 is 15.9 Å². The molecule has 23 heavy (non-hydrogen) atoms. The zero-order chi connectivity index (χ0) is 15.9. The fourth-order valence-electron chi connectivity index (χ4n) is 2.57. The third-order valence-corrected chi connectivity index (χ3v) is 4.45. The molecule has 1 saturated heterocycles. The first-order chi connectivity index (χ1) is 11.3. The van der Waals surface area contributed by atoms with Crippen LogP contribution in [0.3, 0.4) is 0 Å². The second kappa shape index (κ2) is 8.37. The van der Waals surface area contributed by atoms with Crippen molar-refractivity contribution in [2.45, 2.75) is 19.4 Å². The van der Waals surface area contributed by atoms with Gasteiger partial charge in [-0.25, -0.2) is 0 Å². The Hall–Kier alpha value is -1.52. The largest absolute Gasteiger partial charge is 0.489 e. The van der Waals surface area contributed by atoms with Gasteiger partial charge in [-0.3, -0.25) is 0 Å². The summed E-state index contributed by atoms with van der Waals surface area (Å²) in [7, 11) is 0. The number of halogens is 1. The molecule has 4 heteroatoms. The topological polar surface area (TPSA) is 27.7 Å². The lowest BCUT2D eigenvalue weighted by Crippen LogP contribution is -2.21. The number of rotatable bonds is 6. The average molecular weight is 377 g/mol. The van der Waals surface area contributed by atoms with E-state index in [1.165, 1.54) is 0 Å². The molecule has 1 aliphatic heterocycles. The fraction of sp³-hybridized carbons (Fsp3) is 0.368. The molecule has 0 bridgehead atoms. The Kier molecular flexibility index (Phi) is 5.94. The molecule has 3 nitrogen and oxygen atoms in total. The van der Waals surface area contributed by atoms with Crippen molar-refractivity contribution in [2.24, 2.45) is 5.92 Å². The van der Waals surface area contributed by atoms with Crippen LogP contribution in [0.4, 0.5) is 0 Å². The molecule has 2 aromatic carbocycles. The SMILES string of the molecule is Brc1ccc(OCC2CCOCC2)c(OCc2ccccc2)c1. The molecule has 0 atom stereocenters. The predicted octanol–water partition coefficient (Wildman–Crippen LogP) is 4.83. The summed E-state index contributed by atoms with van der Waals surface area (Å²) in [6, 6.07) is 16.1. The Balaban J connectivity index is 1.62. The van der Waals surface area contributed by atoms with Crippen LogP contribution in [0.5, 0.6) is 11.5 Å². The van der Waals surface area contributed by atoms with Crippen LogP contribution in [0.1, 0.15) is 18.4 Å². The monoisotopic (exact) mass is 376 g/mol. The van der Waals surface area contributed by atoms with Gasteiger partial charge in [0.05, 0.1) is 6.61 Å². The highest BCUT2D eigenvalue weighted by Crippen LogP contribution is 2.32. The minimum atomic E-state index is 0.533. The van der Waals surface area contributed by atoms with Gasteiger partial charge in [0.15, 0.2) is 11.5 Å². The summed E-state index contributed by atoms with van der Waals surface area (Å²) < 4.78 is 18.4. The number of ether oxygens (including phenoxy) is 3. The van der Waals surface area contributed by atoms with Crippen molar-refractivity contribution in [3.05, 3.63) is 58.6 Å². The molecule has 0 radical (unpaired) electrons. The van der Waals surface area contributed by atoms with Crippen LogP contribution in [-0.2, 0) is 11.3 Å². The number of benzene rings is 2. The van der Waals surface area contributed by atoms with E-state index < -0.39 is 0 Å². The number of hydrogen-bond acceptors (Lipinski definition) is 3. The van der Waals surface area contributed by atoms with Gasteiger partial charge in [0.25, 0.3) is 0 Å². The highest BCUT2D eigenvalue weighted by atomic mass is 79.9. The highest BCUT2D eigenvalue weighted by molar-refractivity contribution is 9.10. The normalized spacial score (nSPS) is 15.3. The summed E-state index contributed by atoms with van der Waals surface area (Å²) >= 11 is 3.50. The third-order valence-electron chi connectivity index (χ3n) is 3.96. The molecule has 0 saturated carbocycles. The molecule has 3 rings (SSSR count). The van der Waals surface area contributed by atoms with Gasteiger partial charge in [-0.1, -0.05) is 46.3 Å². The highest BCUT2D eigenvalue weighted by Gasteiger charge is 2.15. The Morgan fingerprint density at radius 3 is 2.52 bits per heavy atom. The van der Waals surface area contributed by atoms with E-state index in [9.17, 15) is 0 Å². The van der Waals surface area contributed by atoms with Crippen LogP contribution in [0, 0.1) is 5.92 Å². The molecule has 1 heterocycles. The molecular formula is C19H21BrO3. The standard InChI is InChI=1S/C19H21BrO3/c20-17-6-7-18(22-14-16-8-10-21-11-9-16)19(12-17)23-13-15-4-2-1-3-5-15/h1-7,12,16H,8-11,13-14H2.